The molecule has 0 bridgehead atoms. The average molecular weight is 193 g/mol. The van der Waals surface area contributed by atoms with Crippen molar-refractivity contribution in [2.75, 3.05) is 0 Å². The van der Waals surface area contributed by atoms with E-state index in [2.05, 4.69) is 0 Å². The van der Waals surface area contributed by atoms with E-state index in [0.717, 1.165) is 4.90 Å². The van der Waals surface area contributed by atoms with Gasteiger partial charge in [-0.15, -0.1) is 0 Å². The molecule has 1 aromatic rings. The van der Waals surface area contributed by atoms with Crippen molar-refractivity contribution >= 4 is 6.03 Å². The summed E-state index contributed by atoms with van der Waals surface area (Å²) in [5.74, 6) is -0.365. The van der Waals surface area contributed by atoms with Crippen molar-refractivity contribution in [3.8, 4) is 6.19 Å². The molecule has 0 saturated carbocycles. The number of halogens is 1. The lowest BCUT2D eigenvalue weighted by atomic mass is 10.2. The Morgan fingerprint density at radius 1 is 1.50 bits per heavy atom. The summed E-state index contributed by atoms with van der Waals surface area (Å²) in [6.07, 6.45) is 1.63. The van der Waals surface area contributed by atoms with Gasteiger partial charge in [-0.25, -0.2) is 14.1 Å². The van der Waals surface area contributed by atoms with E-state index < -0.39 is 6.03 Å². The normalized spacial score (nSPS) is 9.14. The molecule has 0 fully saturated rings. The molecule has 0 aliphatic heterocycles. The topological polar surface area (TPSA) is 70.1 Å². The van der Waals surface area contributed by atoms with E-state index in [1.807, 2.05) is 0 Å². The standard InChI is InChI=1S/C9H8FN3O/c10-8-3-1-7(2-4-8)5-13(6-11)9(12)14/h1-4H,5H2,(H2,12,14). The first kappa shape index (κ1) is 9.99. The first-order valence-corrected chi connectivity index (χ1v) is 3.84. The van der Waals surface area contributed by atoms with Gasteiger partial charge in [-0.3, -0.25) is 0 Å². The van der Waals surface area contributed by atoms with Crippen LogP contribution in [0.15, 0.2) is 24.3 Å². The summed E-state index contributed by atoms with van der Waals surface area (Å²) in [5, 5.41) is 8.51. The maximum Gasteiger partial charge on any atom is 0.328 e. The third-order valence-electron chi connectivity index (χ3n) is 1.64. The van der Waals surface area contributed by atoms with Crippen LogP contribution in [0.4, 0.5) is 9.18 Å². The number of carbonyl (C=O) groups is 1. The van der Waals surface area contributed by atoms with Gasteiger partial charge in [0.1, 0.15) is 5.82 Å². The summed E-state index contributed by atoms with van der Waals surface area (Å²) in [6.45, 7) is 0.0616. The van der Waals surface area contributed by atoms with Crippen molar-refractivity contribution in [2.24, 2.45) is 5.73 Å². The van der Waals surface area contributed by atoms with Gasteiger partial charge >= 0.3 is 6.03 Å². The zero-order valence-corrected chi connectivity index (χ0v) is 7.27. The van der Waals surface area contributed by atoms with Gasteiger partial charge in [0.05, 0.1) is 6.54 Å². The second-order valence-corrected chi connectivity index (χ2v) is 2.65. The van der Waals surface area contributed by atoms with Gasteiger partial charge in [0.15, 0.2) is 6.19 Å². The summed E-state index contributed by atoms with van der Waals surface area (Å²) in [5.41, 5.74) is 5.56. The number of hydrogen-bond donors (Lipinski definition) is 1. The van der Waals surface area contributed by atoms with Gasteiger partial charge in [0.25, 0.3) is 0 Å². The van der Waals surface area contributed by atoms with Gasteiger partial charge in [0.2, 0.25) is 0 Å². The highest BCUT2D eigenvalue weighted by Gasteiger charge is 2.08. The van der Waals surface area contributed by atoms with E-state index in [0.29, 0.717) is 5.56 Å². The quantitative estimate of drug-likeness (QED) is 0.566. The van der Waals surface area contributed by atoms with Crippen LogP contribution in [0.1, 0.15) is 5.56 Å². The molecule has 2 amide bonds. The summed E-state index contributed by atoms with van der Waals surface area (Å²) >= 11 is 0. The minimum absolute atomic E-state index is 0.0616. The SMILES string of the molecule is N#CN(Cc1ccc(F)cc1)C(N)=O. The lowest BCUT2D eigenvalue weighted by Gasteiger charge is -2.09. The molecular weight excluding hydrogens is 185 g/mol. The number of rotatable bonds is 2. The molecule has 14 heavy (non-hydrogen) atoms. The lowest BCUT2D eigenvalue weighted by Crippen LogP contribution is -2.30. The smallest absolute Gasteiger partial charge is 0.328 e. The zero-order chi connectivity index (χ0) is 10.6. The maximum absolute atomic E-state index is 12.5. The van der Waals surface area contributed by atoms with Crippen molar-refractivity contribution in [3.63, 3.8) is 0 Å². The molecule has 0 aromatic heterocycles. The van der Waals surface area contributed by atoms with Crippen LogP contribution in [0.5, 0.6) is 0 Å². The molecule has 0 spiro atoms. The van der Waals surface area contributed by atoms with E-state index in [-0.39, 0.29) is 12.4 Å². The number of nitrogens with two attached hydrogens (primary N) is 1. The molecule has 72 valence electrons. The van der Waals surface area contributed by atoms with E-state index in [9.17, 15) is 9.18 Å². The number of nitriles is 1. The molecule has 4 nitrogen and oxygen atoms in total. The number of benzene rings is 1. The monoisotopic (exact) mass is 193 g/mol. The van der Waals surface area contributed by atoms with Crippen LogP contribution in [0.3, 0.4) is 0 Å². The van der Waals surface area contributed by atoms with Crippen molar-refractivity contribution in [1.29, 1.82) is 5.26 Å². The third kappa shape index (κ3) is 2.45. The molecule has 0 aliphatic rings. The molecule has 0 heterocycles. The second-order valence-electron chi connectivity index (χ2n) is 2.65. The fraction of sp³-hybridized carbons (Fsp3) is 0.111. The summed E-state index contributed by atoms with van der Waals surface area (Å²) < 4.78 is 12.5. The van der Waals surface area contributed by atoms with Gasteiger partial charge < -0.3 is 5.73 Å². The van der Waals surface area contributed by atoms with Gasteiger partial charge in [-0.2, -0.15) is 5.26 Å². The number of amides is 2. The van der Waals surface area contributed by atoms with Crippen LogP contribution in [-0.4, -0.2) is 10.9 Å². The Hall–Kier alpha value is -2.09. The minimum atomic E-state index is -0.822. The highest BCUT2D eigenvalue weighted by Crippen LogP contribution is 2.05. The van der Waals surface area contributed by atoms with Crippen molar-refractivity contribution in [1.82, 2.24) is 4.90 Å². The Morgan fingerprint density at radius 2 is 2.07 bits per heavy atom. The van der Waals surface area contributed by atoms with Gasteiger partial charge in [0, 0.05) is 0 Å². The maximum atomic E-state index is 12.5. The van der Waals surface area contributed by atoms with Crippen LogP contribution in [0, 0.1) is 17.3 Å². The highest BCUT2D eigenvalue weighted by molar-refractivity contribution is 5.73. The largest absolute Gasteiger partial charge is 0.351 e. The molecular formula is C9H8FN3O. The Labute approximate surface area is 80.3 Å². The molecule has 0 aliphatic carbocycles. The number of hydrogen-bond acceptors (Lipinski definition) is 2. The number of urea groups is 1. The number of primary amides is 1. The van der Waals surface area contributed by atoms with Gasteiger partial charge in [-0.1, -0.05) is 12.1 Å². The van der Waals surface area contributed by atoms with Crippen molar-refractivity contribution in [2.45, 2.75) is 6.54 Å². The third-order valence-corrected chi connectivity index (χ3v) is 1.64. The average Bonchev–Trinajstić information content (AvgIpc) is 2.16. The Bertz CT molecular complexity index is 369. The van der Waals surface area contributed by atoms with Crippen LogP contribution >= 0.6 is 0 Å². The van der Waals surface area contributed by atoms with Crippen LogP contribution in [0.2, 0.25) is 0 Å². The fourth-order valence-corrected chi connectivity index (χ4v) is 0.935. The molecule has 0 radical (unpaired) electrons. The molecule has 1 rings (SSSR count). The molecule has 0 unspecified atom stereocenters. The first-order chi connectivity index (χ1) is 6.63. The van der Waals surface area contributed by atoms with Crippen LogP contribution < -0.4 is 5.73 Å². The van der Waals surface area contributed by atoms with Crippen molar-refractivity contribution in [3.05, 3.63) is 35.6 Å². The summed E-state index contributed by atoms with van der Waals surface area (Å²) in [6, 6.07) is 4.67. The fourth-order valence-electron chi connectivity index (χ4n) is 0.935. The van der Waals surface area contributed by atoms with E-state index in [1.165, 1.54) is 24.3 Å². The predicted molar refractivity (Wildman–Crippen MR) is 47.1 cm³/mol. The lowest BCUT2D eigenvalue weighted by molar-refractivity contribution is 0.225. The minimum Gasteiger partial charge on any atom is -0.351 e. The summed E-state index contributed by atoms with van der Waals surface area (Å²) in [7, 11) is 0. The Balaban J connectivity index is 2.74. The van der Waals surface area contributed by atoms with Crippen LogP contribution in [-0.2, 0) is 6.54 Å². The molecule has 0 atom stereocenters. The first-order valence-electron chi connectivity index (χ1n) is 3.84. The molecule has 1 aromatic carbocycles. The predicted octanol–water partition coefficient (Wildman–Crippen LogP) is 1.19. The zero-order valence-electron chi connectivity index (χ0n) is 7.27. The molecule has 2 N–H and O–H groups in total. The number of carbonyl (C=O) groups excluding carboxylic acids is 1. The van der Waals surface area contributed by atoms with E-state index in [4.69, 9.17) is 11.0 Å². The Kier molecular flexibility index (Phi) is 3.02. The number of nitrogens with zero attached hydrogens (tertiary/aromatic N) is 2. The molecule has 0 saturated heterocycles. The second kappa shape index (κ2) is 4.23. The molecule has 5 heteroatoms. The highest BCUT2D eigenvalue weighted by atomic mass is 19.1. The van der Waals surface area contributed by atoms with E-state index >= 15 is 0 Å². The van der Waals surface area contributed by atoms with Gasteiger partial charge in [-0.05, 0) is 17.7 Å². The van der Waals surface area contributed by atoms with Crippen LogP contribution in [0.25, 0.3) is 0 Å². The van der Waals surface area contributed by atoms with E-state index in [1.54, 1.807) is 6.19 Å². The Morgan fingerprint density at radius 3 is 2.50 bits per heavy atom. The van der Waals surface area contributed by atoms with Crippen molar-refractivity contribution < 1.29 is 9.18 Å². The summed E-state index contributed by atoms with van der Waals surface area (Å²) in [4.78, 5) is 11.4.